The SMILES string of the molecule is CCCNc1cc(NCC(C)COC)nc(C)n1. The number of nitrogens with one attached hydrogen (secondary N) is 2. The first-order valence-electron chi connectivity index (χ1n) is 6.48. The van der Waals surface area contributed by atoms with Crippen molar-refractivity contribution in [1.29, 1.82) is 0 Å². The summed E-state index contributed by atoms with van der Waals surface area (Å²) in [6.45, 7) is 8.69. The fraction of sp³-hybridized carbons (Fsp3) is 0.692. The molecule has 0 aliphatic heterocycles. The lowest BCUT2D eigenvalue weighted by Crippen LogP contribution is -2.17. The summed E-state index contributed by atoms with van der Waals surface area (Å²) in [5.74, 6) is 2.98. The molecule has 1 heterocycles. The molecule has 0 aliphatic rings. The molecule has 0 spiro atoms. The van der Waals surface area contributed by atoms with Crippen LogP contribution in [-0.2, 0) is 4.74 Å². The Labute approximate surface area is 109 Å². The zero-order valence-corrected chi connectivity index (χ0v) is 11.8. The number of nitrogens with zero attached hydrogens (tertiary/aromatic N) is 2. The van der Waals surface area contributed by atoms with E-state index < -0.39 is 0 Å². The standard InChI is InChI=1S/C13H24N4O/c1-5-6-14-12-7-13(17-11(3)16-12)15-8-10(2)9-18-4/h7,10H,5-6,8-9H2,1-4H3,(H2,14,15,16,17). The molecule has 1 aromatic heterocycles. The van der Waals surface area contributed by atoms with Crippen molar-refractivity contribution < 1.29 is 4.74 Å². The molecule has 5 nitrogen and oxygen atoms in total. The van der Waals surface area contributed by atoms with Gasteiger partial charge in [0.05, 0.1) is 6.61 Å². The van der Waals surface area contributed by atoms with E-state index in [4.69, 9.17) is 4.74 Å². The van der Waals surface area contributed by atoms with Gasteiger partial charge in [-0.2, -0.15) is 0 Å². The molecule has 18 heavy (non-hydrogen) atoms. The second-order valence-electron chi connectivity index (χ2n) is 4.55. The van der Waals surface area contributed by atoms with Crippen molar-refractivity contribution in [2.24, 2.45) is 5.92 Å². The Kier molecular flexibility index (Phi) is 6.43. The van der Waals surface area contributed by atoms with Gasteiger partial charge in [0.15, 0.2) is 0 Å². The van der Waals surface area contributed by atoms with Crippen LogP contribution in [0.1, 0.15) is 26.1 Å². The first-order valence-corrected chi connectivity index (χ1v) is 6.48. The topological polar surface area (TPSA) is 59.1 Å². The van der Waals surface area contributed by atoms with Crippen molar-refractivity contribution in [3.63, 3.8) is 0 Å². The molecular weight excluding hydrogens is 228 g/mol. The van der Waals surface area contributed by atoms with Gasteiger partial charge < -0.3 is 15.4 Å². The number of hydrogen-bond donors (Lipinski definition) is 2. The van der Waals surface area contributed by atoms with Gasteiger partial charge in [0, 0.05) is 26.3 Å². The van der Waals surface area contributed by atoms with E-state index in [0.29, 0.717) is 5.92 Å². The molecule has 0 aliphatic carbocycles. The van der Waals surface area contributed by atoms with Crippen LogP contribution < -0.4 is 10.6 Å². The lowest BCUT2D eigenvalue weighted by atomic mass is 10.2. The first-order chi connectivity index (χ1) is 8.65. The number of aromatic nitrogens is 2. The zero-order valence-electron chi connectivity index (χ0n) is 11.8. The molecule has 0 amide bonds. The molecular formula is C13H24N4O. The Morgan fingerprint density at radius 2 is 1.94 bits per heavy atom. The van der Waals surface area contributed by atoms with Crippen LogP contribution in [0.2, 0.25) is 0 Å². The van der Waals surface area contributed by atoms with E-state index in [1.807, 2.05) is 13.0 Å². The van der Waals surface area contributed by atoms with Crippen LogP contribution in [0.4, 0.5) is 11.6 Å². The van der Waals surface area contributed by atoms with Crippen LogP contribution in [0.15, 0.2) is 6.07 Å². The van der Waals surface area contributed by atoms with Gasteiger partial charge in [-0.15, -0.1) is 0 Å². The number of hydrogen-bond acceptors (Lipinski definition) is 5. The van der Waals surface area contributed by atoms with Crippen molar-refractivity contribution in [2.45, 2.75) is 27.2 Å². The highest BCUT2D eigenvalue weighted by atomic mass is 16.5. The monoisotopic (exact) mass is 252 g/mol. The number of methoxy groups -OCH3 is 1. The van der Waals surface area contributed by atoms with Gasteiger partial charge in [-0.1, -0.05) is 13.8 Å². The fourth-order valence-electron chi connectivity index (χ4n) is 1.62. The third-order valence-corrected chi connectivity index (χ3v) is 2.48. The van der Waals surface area contributed by atoms with Gasteiger partial charge in [-0.3, -0.25) is 0 Å². The van der Waals surface area contributed by atoms with E-state index in [-0.39, 0.29) is 0 Å². The summed E-state index contributed by atoms with van der Waals surface area (Å²) < 4.78 is 5.11. The molecule has 1 unspecified atom stereocenters. The van der Waals surface area contributed by atoms with Crippen molar-refractivity contribution in [3.05, 3.63) is 11.9 Å². The molecule has 0 saturated carbocycles. The second-order valence-corrected chi connectivity index (χ2v) is 4.55. The molecule has 0 aromatic carbocycles. The van der Waals surface area contributed by atoms with Crippen LogP contribution in [0.25, 0.3) is 0 Å². The summed E-state index contributed by atoms with van der Waals surface area (Å²) in [6.07, 6.45) is 1.08. The highest BCUT2D eigenvalue weighted by molar-refractivity contribution is 5.47. The van der Waals surface area contributed by atoms with E-state index in [9.17, 15) is 0 Å². The summed E-state index contributed by atoms with van der Waals surface area (Å²) >= 11 is 0. The molecule has 0 fully saturated rings. The van der Waals surface area contributed by atoms with Crippen LogP contribution in [0.5, 0.6) is 0 Å². The van der Waals surface area contributed by atoms with Crippen molar-refractivity contribution in [3.8, 4) is 0 Å². The van der Waals surface area contributed by atoms with Crippen LogP contribution in [-0.4, -0.2) is 36.8 Å². The summed E-state index contributed by atoms with van der Waals surface area (Å²) in [5.41, 5.74) is 0. The number of ether oxygens (including phenoxy) is 1. The smallest absolute Gasteiger partial charge is 0.131 e. The van der Waals surface area contributed by atoms with Gasteiger partial charge in [0.2, 0.25) is 0 Å². The van der Waals surface area contributed by atoms with E-state index >= 15 is 0 Å². The Hall–Kier alpha value is -1.36. The predicted molar refractivity (Wildman–Crippen MR) is 75.1 cm³/mol. The molecule has 102 valence electrons. The maximum Gasteiger partial charge on any atom is 0.131 e. The molecule has 1 rings (SSSR count). The van der Waals surface area contributed by atoms with E-state index in [1.54, 1.807) is 7.11 Å². The number of anilines is 2. The Morgan fingerprint density at radius 1 is 1.28 bits per heavy atom. The molecule has 2 N–H and O–H groups in total. The molecule has 0 bridgehead atoms. The van der Waals surface area contributed by atoms with Crippen LogP contribution >= 0.6 is 0 Å². The minimum atomic E-state index is 0.456. The molecule has 0 saturated heterocycles. The second kappa shape index (κ2) is 7.87. The molecule has 1 atom stereocenters. The minimum absolute atomic E-state index is 0.456. The summed E-state index contributed by atoms with van der Waals surface area (Å²) in [5, 5.41) is 6.59. The van der Waals surface area contributed by atoms with Gasteiger partial charge in [0.25, 0.3) is 0 Å². The average molecular weight is 252 g/mol. The summed E-state index contributed by atoms with van der Waals surface area (Å²) in [7, 11) is 1.72. The highest BCUT2D eigenvalue weighted by Crippen LogP contribution is 2.11. The van der Waals surface area contributed by atoms with Crippen molar-refractivity contribution in [1.82, 2.24) is 9.97 Å². The largest absolute Gasteiger partial charge is 0.384 e. The van der Waals surface area contributed by atoms with Gasteiger partial charge >= 0.3 is 0 Å². The third kappa shape index (κ3) is 5.31. The fourth-order valence-corrected chi connectivity index (χ4v) is 1.62. The maximum atomic E-state index is 5.11. The van der Waals surface area contributed by atoms with Gasteiger partial charge in [-0.05, 0) is 19.3 Å². The van der Waals surface area contributed by atoms with E-state index in [2.05, 4.69) is 34.4 Å². The minimum Gasteiger partial charge on any atom is -0.384 e. The Bertz CT molecular complexity index is 357. The van der Waals surface area contributed by atoms with Gasteiger partial charge in [-0.25, -0.2) is 9.97 Å². The average Bonchev–Trinajstić information content (AvgIpc) is 2.34. The number of rotatable bonds is 8. The Balaban J connectivity index is 2.56. The predicted octanol–water partition coefficient (Wildman–Crippen LogP) is 2.30. The quantitative estimate of drug-likeness (QED) is 0.743. The Morgan fingerprint density at radius 3 is 2.56 bits per heavy atom. The highest BCUT2D eigenvalue weighted by Gasteiger charge is 2.04. The molecule has 5 heteroatoms. The molecule has 1 aromatic rings. The van der Waals surface area contributed by atoms with E-state index in [1.165, 1.54) is 0 Å². The lowest BCUT2D eigenvalue weighted by molar-refractivity contribution is 0.164. The summed E-state index contributed by atoms with van der Waals surface area (Å²) in [6, 6.07) is 1.95. The van der Waals surface area contributed by atoms with E-state index in [0.717, 1.165) is 43.6 Å². The van der Waals surface area contributed by atoms with Gasteiger partial charge in [0.1, 0.15) is 17.5 Å². The van der Waals surface area contributed by atoms with Crippen LogP contribution in [0, 0.1) is 12.8 Å². The van der Waals surface area contributed by atoms with Crippen molar-refractivity contribution >= 4 is 11.6 Å². The zero-order chi connectivity index (χ0) is 13.4. The third-order valence-electron chi connectivity index (χ3n) is 2.48. The lowest BCUT2D eigenvalue weighted by Gasteiger charge is -2.13. The summed E-state index contributed by atoms with van der Waals surface area (Å²) in [4.78, 5) is 8.72. The van der Waals surface area contributed by atoms with Crippen LogP contribution in [0.3, 0.4) is 0 Å². The number of aryl methyl sites for hydroxylation is 1. The first kappa shape index (κ1) is 14.7. The molecule has 0 radical (unpaired) electrons. The van der Waals surface area contributed by atoms with Crippen molar-refractivity contribution in [2.75, 3.05) is 37.4 Å². The normalized spacial score (nSPS) is 12.2. The maximum absolute atomic E-state index is 5.11.